The van der Waals surface area contributed by atoms with Gasteiger partial charge in [0.25, 0.3) is 0 Å². The molecule has 0 spiro atoms. The van der Waals surface area contributed by atoms with Gasteiger partial charge in [-0.25, -0.2) is 9.97 Å². The van der Waals surface area contributed by atoms with Crippen LogP contribution < -0.4 is 10.2 Å². The van der Waals surface area contributed by atoms with Crippen molar-refractivity contribution in [1.82, 2.24) is 14.9 Å². The number of aliphatic hydroxyl groups is 1. The maximum Gasteiger partial charge on any atom is 0.134 e. The summed E-state index contributed by atoms with van der Waals surface area (Å²) in [5.74, 6) is 2.50. The van der Waals surface area contributed by atoms with Crippen molar-refractivity contribution in [3.63, 3.8) is 0 Å². The number of β-amino-alcohol motifs (C(OH)–C–C–N with tert-alkyl or cyclic N) is 1. The van der Waals surface area contributed by atoms with Crippen LogP contribution in [0, 0.1) is 6.92 Å². The molecule has 0 aliphatic carbocycles. The van der Waals surface area contributed by atoms with Crippen LogP contribution in [-0.2, 0) is 0 Å². The predicted octanol–water partition coefficient (Wildman–Crippen LogP) is 0.718. The molecule has 2 heterocycles. The van der Waals surface area contributed by atoms with E-state index in [0.29, 0.717) is 12.6 Å². The summed E-state index contributed by atoms with van der Waals surface area (Å²) in [6, 6.07) is 2.26. The van der Waals surface area contributed by atoms with Crippen molar-refractivity contribution >= 4 is 11.6 Å². The number of hydrogen-bond donors (Lipinski definition) is 2. The molecule has 6 nitrogen and oxygen atoms in total. The van der Waals surface area contributed by atoms with Crippen molar-refractivity contribution < 1.29 is 5.11 Å². The van der Waals surface area contributed by atoms with Gasteiger partial charge >= 0.3 is 0 Å². The molecule has 20 heavy (non-hydrogen) atoms. The van der Waals surface area contributed by atoms with Crippen LogP contribution in [0.25, 0.3) is 0 Å². The van der Waals surface area contributed by atoms with E-state index >= 15 is 0 Å². The highest BCUT2D eigenvalue weighted by molar-refractivity contribution is 5.51. The minimum atomic E-state index is -0.280. The molecule has 2 atom stereocenters. The fourth-order valence-corrected chi connectivity index (χ4v) is 2.74. The molecule has 1 aliphatic rings. The number of nitrogens with one attached hydrogen (secondary N) is 1. The standard InChI is InChI=1S/C14H25N5O/c1-5-15-13-7-14(17-10(2)16-13)19-9-12(20)6-11(19)8-18(3)4/h7,11-12,20H,5-6,8-9H2,1-4H3,(H,15,16,17). The van der Waals surface area contributed by atoms with Gasteiger partial charge in [-0.05, 0) is 34.4 Å². The van der Waals surface area contributed by atoms with Crippen molar-refractivity contribution in [1.29, 1.82) is 0 Å². The van der Waals surface area contributed by atoms with Crippen molar-refractivity contribution in [3.8, 4) is 0 Å². The Balaban J connectivity index is 2.23. The summed E-state index contributed by atoms with van der Waals surface area (Å²) in [6.07, 6.45) is 0.510. The molecule has 1 aliphatic heterocycles. The molecule has 1 aromatic heterocycles. The van der Waals surface area contributed by atoms with Crippen LogP contribution >= 0.6 is 0 Å². The number of anilines is 2. The molecular formula is C14H25N5O. The van der Waals surface area contributed by atoms with Gasteiger partial charge in [-0.15, -0.1) is 0 Å². The molecule has 1 aromatic rings. The SMILES string of the molecule is CCNc1cc(N2CC(O)CC2CN(C)C)nc(C)n1. The van der Waals surface area contributed by atoms with Gasteiger partial charge in [0.2, 0.25) is 0 Å². The van der Waals surface area contributed by atoms with E-state index in [9.17, 15) is 5.11 Å². The zero-order chi connectivity index (χ0) is 14.7. The molecular weight excluding hydrogens is 254 g/mol. The van der Waals surface area contributed by atoms with Gasteiger partial charge in [-0.2, -0.15) is 0 Å². The molecule has 112 valence electrons. The normalized spacial score (nSPS) is 22.6. The van der Waals surface area contributed by atoms with E-state index in [1.165, 1.54) is 0 Å². The van der Waals surface area contributed by atoms with E-state index in [2.05, 4.69) is 39.2 Å². The molecule has 1 fully saturated rings. The van der Waals surface area contributed by atoms with E-state index in [4.69, 9.17) is 0 Å². The lowest BCUT2D eigenvalue weighted by Gasteiger charge is -2.28. The average molecular weight is 279 g/mol. The smallest absolute Gasteiger partial charge is 0.134 e. The molecule has 0 radical (unpaired) electrons. The van der Waals surface area contributed by atoms with Crippen LogP contribution in [-0.4, -0.2) is 65.8 Å². The molecule has 2 rings (SSSR count). The Hall–Kier alpha value is -1.40. The molecule has 2 unspecified atom stereocenters. The molecule has 2 N–H and O–H groups in total. The number of likely N-dealkylation sites (N-methyl/N-ethyl adjacent to an activating group) is 1. The van der Waals surface area contributed by atoms with Gasteiger partial charge in [0.15, 0.2) is 0 Å². The highest BCUT2D eigenvalue weighted by Crippen LogP contribution is 2.26. The molecule has 0 amide bonds. The Labute approximate surface area is 120 Å². The molecule has 0 aromatic carbocycles. The van der Waals surface area contributed by atoms with Crippen LogP contribution in [0.4, 0.5) is 11.6 Å². The van der Waals surface area contributed by atoms with Crippen molar-refractivity contribution in [2.75, 3.05) is 43.9 Å². The minimum Gasteiger partial charge on any atom is -0.391 e. The monoisotopic (exact) mass is 279 g/mol. The third-order valence-corrected chi connectivity index (χ3v) is 3.44. The van der Waals surface area contributed by atoms with Crippen LogP contribution in [0.15, 0.2) is 6.07 Å². The summed E-state index contributed by atoms with van der Waals surface area (Å²) in [4.78, 5) is 13.3. The van der Waals surface area contributed by atoms with Crippen LogP contribution in [0.3, 0.4) is 0 Å². The summed E-state index contributed by atoms with van der Waals surface area (Å²) in [6.45, 7) is 6.33. The Kier molecular flexibility index (Phi) is 4.77. The van der Waals surface area contributed by atoms with Gasteiger partial charge in [-0.3, -0.25) is 0 Å². The van der Waals surface area contributed by atoms with Gasteiger partial charge in [0.05, 0.1) is 6.10 Å². The van der Waals surface area contributed by atoms with E-state index in [1.807, 2.05) is 19.9 Å². The van der Waals surface area contributed by atoms with E-state index in [0.717, 1.165) is 37.0 Å². The fourth-order valence-electron chi connectivity index (χ4n) is 2.74. The third-order valence-electron chi connectivity index (χ3n) is 3.44. The largest absolute Gasteiger partial charge is 0.391 e. The lowest BCUT2D eigenvalue weighted by molar-refractivity contribution is 0.191. The molecule has 0 bridgehead atoms. The minimum absolute atomic E-state index is 0.280. The van der Waals surface area contributed by atoms with Crippen molar-refractivity contribution in [2.45, 2.75) is 32.4 Å². The Morgan fingerprint density at radius 1 is 1.45 bits per heavy atom. The van der Waals surface area contributed by atoms with Gasteiger partial charge < -0.3 is 20.2 Å². The number of rotatable bonds is 5. The zero-order valence-corrected chi connectivity index (χ0v) is 12.8. The topological polar surface area (TPSA) is 64.5 Å². The second-order valence-electron chi connectivity index (χ2n) is 5.65. The van der Waals surface area contributed by atoms with Crippen molar-refractivity contribution in [2.24, 2.45) is 0 Å². The second-order valence-corrected chi connectivity index (χ2v) is 5.65. The van der Waals surface area contributed by atoms with E-state index in [-0.39, 0.29) is 6.10 Å². The first-order valence-electron chi connectivity index (χ1n) is 7.18. The lowest BCUT2D eigenvalue weighted by atomic mass is 10.2. The Bertz CT molecular complexity index is 451. The van der Waals surface area contributed by atoms with Gasteiger partial charge in [-0.1, -0.05) is 0 Å². The maximum absolute atomic E-state index is 9.97. The number of aryl methyl sites for hydroxylation is 1. The predicted molar refractivity (Wildman–Crippen MR) is 81.2 cm³/mol. The summed E-state index contributed by atoms with van der Waals surface area (Å²) < 4.78 is 0. The highest BCUT2D eigenvalue weighted by Gasteiger charge is 2.32. The Morgan fingerprint density at radius 2 is 2.20 bits per heavy atom. The van der Waals surface area contributed by atoms with E-state index in [1.54, 1.807) is 0 Å². The summed E-state index contributed by atoms with van der Waals surface area (Å²) in [5, 5.41) is 13.2. The van der Waals surface area contributed by atoms with Crippen LogP contribution in [0.2, 0.25) is 0 Å². The van der Waals surface area contributed by atoms with Gasteiger partial charge in [0, 0.05) is 31.7 Å². The third kappa shape index (κ3) is 3.58. The van der Waals surface area contributed by atoms with E-state index < -0.39 is 0 Å². The highest BCUT2D eigenvalue weighted by atomic mass is 16.3. The first kappa shape index (κ1) is 15.0. The second kappa shape index (κ2) is 6.37. The first-order valence-corrected chi connectivity index (χ1v) is 7.18. The Morgan fingerprint density at radius 3 is 2.85 bits per heavy atom. The van der Waals surface area contributed by atoms with Gasteiger partial charge in [0.1, 0.15) is 17.5 Å². The number of aromatic nitrogens is 2. The summed E-state index contributed by atoms with van der Waals surface area (Å²) >= 11 is 0. The lowest BCUT2D eigenvalue weighted by Crippen LogP contribution is -2.38. The average Bonchev–Trinajstić information content (AvgIpc) is 2.69. The summed E-state index contributed by atoms with van der Waals surface area (Å²) in [7, 11) is 4.11. The van der Waals surface area contributed by atoms with Crippen molar-refractivity contribution in [3.05, 3.63) is 11.9 Å². The summed E-state index contributed by atoms with van der Waals surface area (Å²) in [5.41, 5.74) is 0. The molecule has 0 saturated carbocycles. The number of aliphatic hydroxyl groups excluding tert-OH is 1. The van der Waals surface area contributed by atoms with Crippen LogP contribution in [0.5, 0.6) is 0 Å². The van der Waals surface area contributed by atoms with Crippen LogP contribution in [0.1, 0.15) is 19.2 Å². The molecule has 1 saturated heterocycles. The quantitative estimate of drug-likeness (QED) is 0.828. The maximum atomic E-state index is 9.97. The zero-order valence-electron chi connectivity index (χ0n) is 12.8. The fraction of sp³-hybridized carbons (Fsp3) is 0.714. The number of nitrogens with zero attached hydrogens (tertiary/aromatic N) is 4. The number of hydrogen-bond acceptors (Lipinski definition) is 6. The first-order chi connectivity index (χ1) is 9.49. The molecule has 6 heteroatoms.